The SMILES string of the molecule is Cc1ccccc1C1CCN(C(=O)C(C)(C)CCl)CCS1. The summed E-state index contributed by atoms with van der Waals surface area (Å²) >= 11 is 7.90. The molecule has 1 unspecified atom stereocenters. The van der Waals surface area contributed by atoms with Crippen LogP contribution in [0.1, 0.15) is 36.6 Å². The summed E-state index contributed by atoms with van der Waals surface area (Å²) in [5.74, 6) is 1.54. The van der Waals surface area contributed by atoms with Crippen LogP contribution in [0.25, 0.3) is 0 Å². The van der Waals surface area contributed by atoms with Crippen molar-refractivity contribution in [1.29, 1.82) is 0 Å². The fraction of sp³-hybridized carbons (Fsp3) is 0.588. The molecular weight excluding hydrogens is 302 g/mol. The van der Waals surface area contributed by atoms with Gasteiger partial charge in [-0.2, -0.15) is 11.8 Å². The number of hydrogen-bond acceptors (Lipinski definition) is 2. The van der Waals surface area contributed by atoms with Gasteiger partial charge in [0.15, 0.2) is 0 Å². The molecule has 1 amide bonds. The molecule has 1 aromatic rings. The van der Waals surface area contributed by atoms with Gasteiger partial charge in [0.2, 0.25) is 5.91 Å². The second-order valence-corrected chi connectivity index (χ2v) is 7.89. The van der Waals surface area contributed by atoms with Gasteiger partial charge in [-0.15, -0.1) is 11.6 Å². The van der Waals surface area contributed by atoms with Crippen LogP contribution < -0.4 is 0 Å². The van der Waals surface area contributed by atoms with Crippen molar-refractivity contribution in [1.82, 2.24) is 4.90 Å². The Morgan fingerprint density at radius 1 is 1.38 bits per heavy atom. The Hall–Kier alpha value is -0.670. The Kier molecular flexibility index (Phi) is 5.61. The van der Waals surface area contributed by atoms with Crippen LogP contribution in [-0.4, -0.2) is 35.5 Å². The van der Waals surface area contributed by atoms with Gasteiger partial charge in [0, 0.05) is 30.0 Å². The topological polar surface area (TPSA) is 20.3 Å². The molecule has 0 aliphatic carbocycles. The molecule has 0 spiro atoms. The number of nitrogens with zero attached hydrogens (tertiary/aromatic N) is 1. The molecule has 2 rings (SSSR count). The first-order valence-corrected chi connectivity index (χ1v) is 9.06. The molecule has 1 aromatic carbocycles. The van der Waals surface area contributed by atoms with Crippen LogP contribution in [0.2, 0.25) is 0 Å². The van der Waals surface area contributed by atoms with Gasteiger partial charge >= 0.3 is 0 Å². The molecule has 0 aromatic heterocycles. The van der Waals surface area contributed by atoms with E-state index >= 15 is 0 Å². The lowest BCUT2D eigenvalue weighted by Crippen LogP contribution is -2.43. The first-order valence-electron chi connectivity index (χ1n) is 7.48. The zero-order valence-corrected chi connectivity index (χ0v) is 14.6. The summed E-state index contributed by atoms with van der Waals surface area (Å²) in [6.07, 6.45) is 1.01. The number of aryl methyl sites for hydroxylation is 1. The Balaban J connectivity index is 2.06. The van der Waals surface area contributed by atoms with Gasteiger partial charge in [-0.05, 0) is 38.3 Å². The number of rotatable bonds is 3. The van der Waals surface area contributed by atoms with Crippen molar-refractivity contribution in [2.24, 2.45) is 5.41 Å². The predicted octanol–water partition coefficient (Wildman–Crippen LogP) is 4.27. The Morgan fingerprint density at radius 3 is 2.76 bits per heavy atom. The molecule has 0 N–H and O–H groups in total. The molecule has 2 nitrogen and oxygen atoms in total. The third-order valence-electron chi connectivity index (χ3n) is 4.08. The maximum Gasteiger partial charge on any atom is 0.229 e. The number of hydrogen-bond donors (Lipinski definition) is 0. The molecule has 21 heavy (non-hydrogen) atoms. The predicted molar refractivity (Wildman–Crippen MR) is 92.1 cm³/mol. The van der Waals surface area contributed by atoms with Crippen LogP contribution in [0.3, 0.4) is 0 Å². The molecule has 1 aliphatic heterocycles. The molecule has 1 atom stereocenters. The number of carbonyl (C=O) groups is 1. The summed E-state index contributed by atoms with van der Waals surface area (Å²) in [6, 6.07) is 8.57. The second kappa shape index (κ2) is 7.06. The largest absolute Gasteiger partial charge is 0.341 e. The van der Waals surface area contributed by atoms with E-state index in [0.717, 1.165) is 25.3 Å². The van der Waals surface area contributed by atoms with Crippen molar-refractivity contribution in [3.8, 4) is 0 Å². The highest BCUT2D eigenvalue weighted by Crippen LogP contribution is 2.36. The molecule has 1 saturated heterocycles. The number of benzene rings is 1. The summed E-state index contributed by atoms with van der Waals surface area (Å²) in [4.78, 5) is 14.5. The third-order valence-corrected chi connectivity index (χ3v) is 6.06. The lowest BCUT2D eigenvalue weighted by molar-refractivity contribution is -0.139. The van der Waals surface area contributed by atoms with Crippen molar-refractivity contribution >= 4 is 29.3 Å². The number of amides is 1. The minimum Gasteiger partial charge on any atom is -0.341 e. The van der Waals surface area contributed by atoms with Crippen LogP contribution in [0, 0.1) is 12.3 Å². The van der Waals surface area contributed by atoms with Gasteiger partial charge in [0.05, 0.1) is 5.41 Å². The van der Waals surface area contributed by atoms with Gasteiger partial charge in [-0.1, -0.05) is 24.3 Å². The molecule has 1 fully saturated rings. The normalized spacial score (nSPS) is 20.2. The average Bonchev–Trinajstić information content (AvgIpc) is 2.72. The van der Waals surface area contributed by atoms with Crippen LogP contribution in [0.15, 0.2) is 24.3 Å². The zero-order valence-electron chi connectivity index (χ0n) is 13.1. The number of carbonyl (C=O) groups excluding carboxylic acids is 1. The average molecular weight is 326 g/mol. The van der Waals surface area contributed by atoms with Crippen LogP contribution in [-0.2, 0) is 4.79 Å². The van der Waals surface area contributed by atoms with Crippen LogP contribution in [0.4, 0.5) is 0 Å². The highest BCUT2D eigenvalue weighted by atomic mass is 35.5. The summed E-state index contributed by atoms with van der Waals surface area (Å²) in [5, 5.41) is 0.489. The van der Waals surface area contributed by atoms with Crippen molar-refractivity contribution in [2.45, 2.75) is 32.4 Å². The van der Waals surface area contributed by atoms with E-state index in [4.69, 9.17) is 11.6 Å². The van der Waals surface area contributed by atoms with Gasteiger partial charge in [-0.25, -0.2) is 0 Å². The summed E-state index contributed by atoms with van der Waals surface area (Å²) in [7, 11) is 0. The standard InChI is InChI=1S/C17H24ClNOS/c1-13-6-4-5-7-14(13)15-8-9-19(10-11-21-15)16(20)17(2,3)12-18/h4-7,15H,8-12H2,1-3H3. The lowest BCUT2D eigenvalue weighted by Gasteiger charge is -2.29. The van der Waals surface area contributed by atoms with Crippen molar-refractivity contribution in [3.63, 3.8) is 0 Å². The number of thioether (sulfide) groups is 1. The summed E-state index contributed by atoms with van der Waals surface area (Å²) in [6.45, 7) is 7.68. The van der Waals surface area contributed by atoms with E-state index in [1.54, 1.807) is 0 Å². The first kappa shape index (κ1) is 16.7. The molecule has 1 aliphatic rings. The van der Waals surface area contributed by atoms with Gasteiger partial charge in [0.1, 0.15) is 0 Å². The van der Waals surface area contributed by atoms with E-state index in [-0.39, 0.29) is 5.91 Å². The van der Waals surface area contributed by atoms with Gasteiger partial charge in [0.25, 0.3) is 0 Å². The molecule has 4 heteroatoms. The highest BCUT2D eigenvalue weighted by molar-refractivity contribution is 7.99. The Bertz CT molecular complexity index is 503. The molecular formula is C17H24ClNOS. The minimum atomic E-state index is -0.464. The van der Waals surface area contributed by atoms with Gasteiger partial charge in [-0.3, -0.25) is 4.79 Å². The van der Waals surface area contributed by atoms with E-state index in [9.17, 15) is 4.79 Å². The summed E-state index contributed by atoms with van der Waals surface area (Å²) in [5.41, 5.74) is 2.29. The van der Waals surface area contributed by atoms with E-state index in [1.807, 2.05) is 30.5 Å². The van der Waals surface area contributed by atoms with E-state index in [1.165, 1.54) is 11.1 Å². The molecule has 0 bridgehead atoms. The molecule has 1 heterocycles. The van der Waals surface area contributed by atoms with E-state index in [2.05, 4.69) is 31.2 Å². The molecule has 0 radical (unpaired) electrons. The fourth-order valence-electron chi connectivity index (χ4n) is 2.65. The third kappa shape index (κ3) is 3.95. The smallest absolute Gasteiger partial charge is 0.229 e. The lowest BCUT2D eigenvalue weighted by atomic mass is 9.94. The van der Waals surface area contributed by atoms with Gasteiger partial charge < -0.3 is 4.90 Å². The Morgan fingerprint density at radius 2 is 2.10 bits per heavy atom. The first-order chi connectivity index (χ1) is 9.95. The van der Waals surface area contributed by atoms with Crippen molar-refractivity contribution in [3.05, 3.63) is 35.4 Å². The maximum atomic E-state index is 12.5. The maximum absolute atomic E-state index is 12.5. The zero-order chi connectivity index (χ0) is 15.5. The second-order valence-electron chi connectivity index (χ2n) is 6.31. The Labute approximate surface area is 137 Å². The van der Waals surface area contributed by atoms with Crippen LogP contribution in [0.5, 0.6) is 0 Å². The van der Waals surface area contributed by atoms with Crippen molar-refractivity contribution in [2.75, 3.05) is 24.7 Å². The molecule has 116 valence electrons. The number of alkyl halides is 1. The quantitative estimate of drug-likeness (QED) is 0.774. The van der Waals surface area contributed by atoms with Crippen LogP contribution >= 0.6 is 23.4 Å². The fourth-order valence-corrected chi connectivity index (χ4v) is 4.10. The highest BCUT2D eigenvalue weighted by Gasteiger charge is 2.32. The molecule has 0 saturated carbocycles. The monoisotopic (exact) mass is 325 g/mol. The van der Waals surface area contributed by atoms with E-state index in [0.29, 0.717) is 11.1 Å². The number of halogens is 1. The van der Waals surface area contributed by atoms with E-state index < -0.39 is 5.41 Å². The summed E-state index contributed by atoms with van der Waals surface area (Å²) < 4.78 is 0. The minimum absolute atomic E-state index is 0.184. The van der Waals surface area contributed by atoms with Crippen molar-refractivity contribution < 1.29 is 4.79 Å².